The van der Waals surface area contributed by atoms with E-state index in [4.69, 9.17) is 9.47 Å². The highest BCUT2D eigenvalue weighted by atomic mass is 16.5. The lowest BCUT2D eigenvalue weighted by atomic mass is 9.46. The molecule has 0 bridgehead atoms. The summed E-state index contributed by atoms with van der Waals surface area (Å²) in [6.07, 6.45) is 5.55. The van der Waals surface area contributed by atoms with Crippen molar-refractivity contribution in [3.05, 3.63) is 0 Å². The molecule has 158 valence electrons. The summed E-state index contributed by atoms with van der Waals surface area (Å²) in [6, 6.07) is 0.511. The van der Waals surface area contributed by atoms with Crippen LogP contribution in [-0.2, 0) is 14.3 Å². The molecule has 2 aliphatic heterocycles. The Hall–Kier alpha value is -1.38. The lowest BCUT2D eigenvalue weighted by molar-refractivity contribution is -0.171. The predicted octanol–water partition coefficient (Wildman–Crippen LogP) is -0.100. The van der Waals surface area contributed by atoms with Crippen molar-refractivity contribution >= 4 is 11.9 Å². The van der Waals surface area contributed by atoms with Gasteiger partial charge in [-0.05, 0) is 19.3 Å². The fraction of sp³-hybridized carbons (Fsp3) is 0.900. The zero-order valence-corrected chi connectivity index (χ0v) is 17.3. The highest BCUT2D eigenvalue weighted by Gasteiger charge is 2.66. The Morgan fingerprint density at radius 3 is 2.71 bits per heavy atom. The molecule has 0 aromatic heterocycles. The molecule has 28 heavy (non-hydrogen) atoms. The lowest BCUT2D eigenvalue weighted by Gasteiger charge is -2.63. The van der Waals surface area contributed by atoms with Gasteiger partial charge in [0.25, 0.3) is 0 Å². The maximum atomic E-state index is 12.0. The number of carbonyl (C=O) groups excluding carboxylic acids is 1. The van der Waals surface area contributed by atoms with Gasteiger partial charge in [0.15, 0.2) is 5.96 Å². The van der Waals surface area contributed by atoms with Crippen molar-refractivity contribution in [2.24, 2.45) is 16.3 Å². The third kappa shape index (κ3) is 3.62. The number of piperazine rings is 1. The quantitative estimate of drug-likeness (QED) is 0.373. The highest BCUT2D eigenvalue weighted by molar-refractivity contribution is 5.81. The largest absolute Gasteiger partial charge is 0.383 e. The molecule has 0 aromatic carbocycles. The van der Waals surface area contributed by atoms with E-state index < -0.39 is 0 Å². The molecule has 0 aromatic rings. The molecule has 2 heterocycles. The standard InChI is InChI=1S/C20H35N5O3/c1-21-19(23-17-15-4-12-28-18(15)20(17)5-3-6-20)25-10-8-24(9-11-25)14-16(26)22-7-13-27-2/h15,17-18H,3-14H2,1-2H3,(H,21,23)(H,22,26). The van der Waals surface area contributed by atoms with Gasteiger partial charge in [-0.25, -0.2) is 0 Å². The van der Waals surface area contributed by atoms with Gasteiger partial charge in [0.2, 0.25) is 5.91 Å². The van der Waals surface area contributed by atoms with Crippen LogP contribution in [0.2, 0.25) is 0 Å². The van der Waals surface area contributed by atoms with Crippen molar-refractivity contribution in [1.29, 1.82) is 0 Å². The number of hydrogen-bond acceptors (Lipinski definition) is 5. The molecule has 0 radical (unpaired) electrons. The number of carbonyl (C=O) groups is 1. The average molecular weight is 394 g/mol. The summed E-state index contributed by atoms with van der Waals surface area (Å²) in [5.41, 5.74) is 0.360. The molecule has 3 atom stereocenters. The van der Waals surface area contributed by atoms with Gasteiger partial charge in [-0.15, -0.1) is 0 Å². The van der Waals surface area contributed by atoms with Crippen molar-refractivity contribution in [3.8, 4) is 0 Å². The second kappa shape index (κ2) is 8.55. The molecule has 8 heteroatoms. The van der Waals surface area contributed by atoms with E-state index in [-0.39, 0.29) is 5.91 Å². The van der Waals surface area contributed by atoms with E-state index in [1.807, 2.05) is 7.05 Å². The first-order valence-electron chi connectivity index (χ1n) is 10.8. The minimum absolute atomic E-state index is 0.0710. The number of nitrogens with zero attached hydrogens (tertiary/aromatic N) is 3. The lowest BCUT2D eigenvalue weighted by Crippen LogP contribution is -2.73. The second-order valence-electron chi connectivity index (χ2n) is 8.61. The number of amides is 1. The second-order valence-corrected chi connectivity index (χ2v) is 8.61. The van der Waals surface area contributed by atoms with E-state index in [1.165, 1.54) is 25.7 Å². The van der Waals surface area contributed by atoms with Gasteiger partial charge in [-0.2, -0.15) is 0 Å². The Morgan fingerprint density at radius 1 is 1.29 bits per heavy atom. The molecular weight excluding hydrogens is 358 g/mol. The molecule has 4 fully saturated rings. The first-order chi connectivity index (χ1) is 13.7. The topological polar surface area (TPSA) is 78.4 Å². The highest BCUT2D eigenvalue weighted by Crippen LogP contribution is 2.62. The van der Waals surface area contributed by atoms with Crippen LogP contribution in [0.3, 0.4) is 0 Å². The van der Waals surface area contributed by atoms with Crippen LogP contribution in [0.1, 0.15) is 25.7 Å². The Bertz CT molecular complexity index is 586. The van der Waals surface area contributed by atoms with Crippen molar-refractivity contribution in [3.63, 3.8) is 0 Å². The van der Waals surface area contributed by atoms with Crippen LogP contribution in [0.5, 0.6) is 0 Å². The van der Waals surface area contributed by atoms with Crippen molar-refractivity contribution < 1.29 is 14.3 Å². The summed E-state index contributed by atoms with van der Waals surface area (Å²) < 4.78 is 11.0. The Kier molecular flexibility index (Phi) is 6.08. The normalized spacial score (nSPS) is 31.9. The molecule has 3 unspecified atom stereocenters. The Balaban J connectivity index is 1.25. The van der Waals surface area contributed by atoms with E-state index in [1.54, 1.807) is 7.11 Å². The molecule has 2 saturated heterocycles. The molecule has 2 saturated carbocycles. The maximum absolute atomic E-state index is 12.0. The van der Waals surface area contributed by atoms with Crippen LogP contribution in [0.25, 0.3) is 0 Å². The SMILES string of the molecule is CN=C(NC1C2CCOC2C12CCC2)N1CCN(CC(=O)NCCOC)CC1. The average Bonchev–Trinajstić information content (AvgIpc) is 3.07. The van der Waals surface area contributed by atoms with E-state index >= 15 is 0 Å². The number of fused-ring (bicyclic) bond motifs is 2. The molecule has 8 nitrogen and oxygen atoms in total. The van der Waals surface area contributed by atoms with Gasteiger partial charge in [0.1, 0.15) is 0 Å². The van der Waals surface area contributed by atoms with E-state index in [0.29, 0.717) is 43.2 Å². The van der Waals surface area contributed by atoms with Crippen LogP contribution < -0.4 is 10.6 Å². The third-order valence-electron chi connectivity index (χ3n) is 7.20. The fourth-order valence-corrected chi connectivity index (χ4v) is 5.56. The van der Waals surface area contributed by atoms with E-state index in [0.717, 1.165) is 38.7 Å². The van der Waals surface area contributed by atoms with E-state index in [2.05, 4.69) is 25.4 Å². The van der Waals surface area contributed by atoms with Crippen molar-refractivity contribution in [1.82, 2.24) is 20.4 Å². The molecule has 2 aliphatic carbocycles. The summed E-state index contributed by atoms with van der Waals surface area (Å²) in [4.78, 5) is 21.1. The first-order valence-corrected chi connectivity index (χ1v) is 10.8. The van der Waals surface area contributed by atoms with Crippen molar-refractivity contribution in [2.75, 3.05) is 66.6 Å². The van der Waals surface area contributed by atoms with Gasteiger partial charge < -0.3 is 25.0 Å². The van der Waals surface area contributed by atoms with Crippen molar-refractivity contribution in [2.45, 2.75) is 37.8 Å². The summed E-state index contributed by atoms with van der Waals surface area (Å²) in [5.74, 6) is 1.74. The number of guanidine groups is 1. The molecule has 2 N–H and O–H groups in total. The minimum Gasteiger partial charge on any atom is -0.383 e. The molecule has 4 rings (SSSR count). The predicted molar refractivity (Wildman–Crippen MR) is 107 cm³/mol. The smallest absolute Gasteiger partial charge is 0.234 e. The van der Waals surface area contributed by atoms with Gasteiger partial charge >= 0.3 is 0 Å². The number of ether oxygens (including phenoxy) is 2. The number of nitrogens with one attached hydrogen (secondary N) is 2. The molecular formula is C20H35N5O3. The molecule has 4 aliphatic rings. The number of hydrogen-bond donors (Lipinski definition) is 2. The molecule has 1 amide bonds. The fourth-order valence-electron chi connectivity index (χ4n) is 5.56. The van der Waals surface area contributed by atoms with Crippen LogP contribution in [0.4, 0.5) is 0 Å². The van der Waals surface area contributed by atoms with Gasteiger partial charge in [0.05, 0.1) is 19.3 Å². The number of methoxy groups -OCH3 is 1. The van der Waals surface area contributed by atoms with Gasteiger partial charge in [-0.1, -0.05) is 6.42 Å². The summed E-state index contributed by atoms with van der Waals surface area (Å²) >= 11 is 0. The maximum Gasteiger partial charge on any atom is 0.234 e. The third-order valence-corrected chi connectivity index (χ3v) is 7.20. The zero-order valence-electron chi connectivity index (χ0n) is 17.3. The minimum atomic E-state index is 0.0710. The zero-order chi connectivity index (χ0) is 19.6. The van der Waals surface area contributed by atoms with Gasteiger partial charge in [-0.3, -0.25) is 14.7 Å². The molecule has 1 spiro atoms. The van der Waals surface area contributed by atoms with Crippen LogP contribution in [-0.4, -0.2) is 100 Å². The monoisotopic (exact) mass is 393 g/mol. The summed E-state index contributed by atoms with van der Waals surface area (Å²) in [6.45, 7) is 6.05. The van der Waals surface area contributed by atoms with Crippen LogP contribution in [0, 0.1) is 11.3 Å². The van der Waals surface area contributed by atoms with E-state index in [9.17, 15) is 4.79 Å². The summed E-state index contributed by atoms with van der Waals surface area (Å²) in [7, 11) is 3.52. The van der Waals surface area contributed by atoms with Gasteiger partial charge in [0, 0.05) is 70.9 Å². The Morgan fingerprint density at radius 2 is 2.07 bits per heavy atom. The Labute approximate surface area is 168 Å². The number of rotatable bonds is 6. The summed E-state index contributed by atoms with van der Waals surface area (Å²) in [5, 5.41) is 6.70. The number of aliphatic imine (C=N–C) groups is 1. The first kappa shape index (κ1) is 19.9. The van der Waals surface area contributed by atoms with Crippen LogP contribution >= 0.6 is 0 Å². The van der Waals surface area contributed by atoms with Crippen LogP contribution in [0.15, 0.2) is 4.99 Å².